The minimum atomic E-state index is -0.222. The van der Waals surface area contributed by atoms with E-state index in [0.29, 0.717) is 41.8 Å². The van der Waals surface area contributed by atoms with Gasteiger partial charge in [0.25, 0.3) is 5.91 Å². The van der Waals surface area contributed by atoms with Crippen LogP contribution in [0.1, 0.15) is 37.0 Å². The highest BCUT2D eigenvalue weighted by Crippen LogP contribution is 2.29. The summed E-state index contributed by atoms with van der Waals surface area (Å²) in [6.45, 7) is 5.12. The molecule has 0 aliphatic heterocycles. The van der Waals surface area contributed by atoms with Gasteiger partial charge in [0.1, 0.15) is 12.1 Å². The van der Waals surface area contributed by atoms with Crippen LogP contribution in [0.15, 0.2) is 85.2 Å². The number of nitrogens with one attached hydrogen (secondary N) is 2. The van der Waals surface area contributed by atoms with E-state index in [1.807, 2.05) is 67.6 Å². The molecule has 36 heavy (non-hydrogen) atoms. The number of hydrogen-bond acceptors (Lipinski definition) is 6. The van der Waals surface area contributed by atoms with E-state index in [-0.39, 0.29) is 5.91 Å². The third kappa shape index (κ3) is 6.60. The minimum absolute atomic E-state index is 0.222. The second-order valence-electron chi connectivity index (χ2n) is 8.11. The molecule has 1 heterocycles. The highest BCUT2D eigenvalue weighted by atomic mass is 16.5. The van der Waals surface area contributed by atoms with Crippen molar-refractivity contribution >= 4 is 23.1 Å². The summed E-state index contributed by atoms with van der Waals surface area (Å²) in [6, 6.07) is 24.5. The molecule has 1 aromatic heterocycles. The van der Waals surface area contributed by atoms with Crippen LogP contribution in [0.3, 0.4) is 0 Å². The molecule has 4 rings (SSSR count). The van der Waals surface area contributed by atoms with Crippen molar-refractivity contribution in [2.24, 2.45) is 0 Å². The molecule has 0 fully saturated rings. The molecule has 0 radical (unpaired) electrons. The van der Waals surface area contributed by atoms with Crippen LogP contribution in [0.25, 0.3) is 11.3 Å². The third-order valence-corrected chi connectivity index (χ3v) is 5.41. The lowest BCUT2D eigenvalue weighted by molar-refractivity contribution is 0.102. The second kappa shape index (κ2) is 12.4. The monoisotopic (exact) mass is 482 g/mol. The average molecular weight is 483 g/mol. The van der Waals surface area contributed by atoms with Gasteiger partial charge in [0.15, 0.2) is 11.5 Å². The largest absolute Gasteiger partial charge is 0.490 e. The van der Waals surface area contributed by atoms with Gasteiger partial charge in [0.05, 0.1) is 18.9 Å². The first kappa shape index (κ1) is 24.7. The molecule has 7 nitrogen and oxygen atoms in total. The molecule has 0 atom stereocenters. The van der Waals surface area contributed by atoms with Crippen LogP contribution in [0.2, 0.25) is 0 Å². The van der Waals surface area contributed by atoms with E-state index in [0.717, 1.165) is 29.8 Å². The molecular formula is C29H30N4O3. The van der Waals surface area contributed by atoms with Crippen molar-refractivity contribution in [2.75, 3.05) is 23.8 Å². The average Bonchev–Trinajstić information content (AvgIpc) is 2.91. The van der Waals surface area contributed by atoms with Crippen molar-refractivity contribution in [3.63, 3.8) is 0 Å². The zero-order valence-electron chi connectivity index (χ0n) is 20.5. The Labute approximate surface area is 211 Å². The SMILES string of the molecule is CCCCOc1ccc(C(=O)Nc2ccc(Nc3cc(-c4ccccc4)ncn3)cc2)cc1OCC. The molecule has 0 saturated heterocycles. The van der Waals surface area contributed by atoms with Crippen LogP contribution < -0.4 is 20.1 Å². The van der Waals surface area contributed by atoms with Crippen LogP contribution in [-0.2, 0) is 0 Å². The number of nitrogens with zero attached hydrogens (tertiary/aromatic N) is 2. The molecule has 0 spiro atoms. The Morgan fingerprint density at radius 2 is 1.61 bits per heavy atom. The van der Waals surface area contributed by atoms with Crippen LogP contribution in [-0.4, -0.2) is 29.1 Å². The number of rotatable bonds is 11. The van der Waals surface area contributed by atoms with Crippen molar-refractivity contribution in [1.29, 1.82) is 0 Å². The predicted molar refractivity (Wildman–Crippen MR) is 143 cm³/mol. The number of hydrogen-bond donors (Lipinski definition) is 2. The summed E-state index contributed by atoms with van der Waals surface area (Å²) >= 11 is 0. The maximum atomic E-state index is 12.9. The summed E-state index contributed by atoms with van der Waals surface area (Å²) in [5.41, 5.74) is 3.88. The fourth-order valence-corrected chi connectivity index (χ4v) is 3.54. The van der Waals surface area contributed by atoms with Gasteiger partial charge in [-0.3, -0.25) is 4.79 Å². The van der Waals surface area contributed by atoms with Crippen LogP contribution in [0, 0.1) is 0 Å². The van der Waals surface area contributed by atoms with Gasteiger partial charge in [-0.15, -0.1) is 0 Å². The molecule has 0 unspecified atom stereocenters. The lowest BCUT2D eigenvalue weighted by Crippen LogP contribution is -2.12. The Kier molecular flexibility index (Phi) is 8.48. The molecule has 0 saturated carbocycles. The predicted octanol–water partition coefficient (Wildman–Crippen LogP) is 6.72. The lowest BCUT2D eigenvalue weighted by atomic mass is 10.1. The van der Waals surface area contributed by atoms with Gasteiger partial charge in [0.2, 0.25) is 0 Å². The van der Waals surface area contributed by atoms with Crippen LogP contribution in [0.5, 0.6) is 11.5 Å². The number of aromatic nitrogens is 2. The lowest BCUT2D eigenvalue weighted by Gasteiger charge is -2.13. The fourth-order valence-electron chi connectivity index (χ4n) is 3.54. The summed E-state index contributed by atoms with van der Waals surface area (Å²) in [5, 5.41) is 6.21. The summed E-state index contributed by atoms with van der Waals surface area (Å²) in [7, 11) is 0. The van der Waals surface area contributed by atoms with Crippen LogP contribution >= 0.6 is 0 Å². The molecule has 7 heteroatoms. The zero-order valence-corrected chi connectivity index (χ0v) is 20.5. The van der Waals surface area contributed by atoms with Gasteiger partial charge in [0, 0.05) is 28.6 Å². The number of amides is 1. The Morgan fingerprint density at radius 3 is 2.36 bits per heavy atom. The molecule has 3 aromatic carbocycles. The van der Waals surface area contributed by atoms with E-state index >= 15 is 0 Å². The Bertz CT molecular complexity index is 1280. The number of ether oxygens (including phenoxy) is 2. The Hall–Kier alpha value is -4.39. The maximum Gasteiger partial charge on any atom is 0.255 e. The molecule has 0 aliphatic rings. The zero-order chi connectivity index (χ0) is 25.2. The van der Waals surface area contributed by atoms with Gasteiger partial charge in [-0.2, -0.15) is 0 Å². The van der Waals surface area contributed by atoms with Crippen molar-refractivity contribution in [2.45, 2.75) is 26.7 Å². The number of carbonyl (C=O) groups is 1. The normalized spacial score (nSPS) is 10.5. The second-order valence-corrected chi connectivity index (χ2v) is 8.11. The molecule has 0 bridgehead atoms. The van der Waals surface area contributed by atoms with E-state index in [1.165, 1.54) is 6.33 Å². The van der Waals surface area contributed by atoms with E-state index in [2.05, 4.69) is 27.5 Å². The highest BCUT2D eigenvalue weighted by molar-refractivity contribution is 6.04. The molecular weight excluding hydrogens is 452 g/mol. The topological polar surface area (TPSA) is 85.4 Å². The van der Waals surface area contributed by atoms with Gasteiger partial charge in [-0.25, -0.2) is 9.97 Å². The first-order valence-corrected chi connectivity index (χ1v) is 12.1. The quantitative estimate of drug-likeness (QED) is 0.231. The summed E-state index contributed by atoms with van der Waals surface area (Å²) < 4.78 is 11.5. The number of carbonyl (C=O) groups excluding carboxylic acids is 1. The van der Waals surface area contributed by atoms with Crippen molar-refractivity contribution in [3.8, 4) is 22.8 Å². The van der Waals surface area contributed by atoms with Gasteiger partial charge >= 0.3 is 0 Å². The Morgan fingerprint density at radius 1 is 0.833 bits per heavy atom. The van der Waals surface area contributed by atoms with Crippen LogP contribution in [0.4, 0.5) is 17.2 Å². The Balaban J connectivity index is 1.40. The highest BCUT2D eigenvalue weighted by Gasteiger charge is 2.12. The molecule has 0 aliphatic carbocycles. The van der Waals surface area contributed by atoms with E-state index in [4.69, 9.17) is 9.47 Å². The number of benzene rings is 3. The number of anilines is 3. The van der Waals surface area contributed by atoms with Gasteiger partial charge in [-0.05, 0) is 55.8 Å². The maximum absolute atomic E-state index is 12.9. The standard InChI is InChI=1S/C29H30N4O3/c1-3-5-17-36-26-16-11-22(18-27(26)35-4-2)29(34)33-24-14-12-23(13-15-24)32-28-19-25(30-20-31-28)21-9-7-6-8-10-21/h6-16,18-20H,3-5,17H2,1-2H3,(H,33,34)(H,30,31,32). The number of unbranched alkanes of at least 4 members (excludes halogenated alkanes) is 1. The molecule has 4 aromatic rings. The molecule has 1 amide bonds. The van der Waals surface area contributed by atoms with E-state index in [1.54, 1.807) is 18.2 Å². The van der Waals surface area contributed by atoms with E-state index in [9.17, 15) is 4.79 Å². The van der Waals surface area contributed by atoms with Gasteiger partial charge in [-0.1, -0.05) is 43.7 Å². The van der Waals surface area contributed by atoms with E-state index < -0.39 is 0 Å². The van der Waals surface area contributed by atoms with Crippen molar-refractivity contribution < 1.29 is 14.3 Å². The summed E-state index contributed by atoms with van der Waals surface area (Å²) in [5.74, 6) is 1.68. The molecule has 184 valence electrons. The summed E-state index contributed by atoms with van der Waals surface area (Å²) in [4.78, 5) is 21.5. The first-order valence-electron chi connectivity index (χ1n) is 12.1. The third-order valence-electron chi connectivity index (χ3n) is 5.41. The fraction of sp³-hybridized carbons (Fsp3) is 0.207. The molecule has 2 N–H and O–H groups in total. The van der Waals surface area contributed by atoms with Crippen molar-refractivity contribution in [3.05, 3.63) is 90.8 Å². The smallest absolute Gasteiger partial charge is 0.255 e. The first-order chi connectivity index (χ1) is 17.7. The van der Waals surface area contributed by atoms with Crippen molar-refractivity contribution in [1.82, 2.24) is 9.97 Å². The summed E-state index contributed by atoms with van der Waals surface area (Å²) in [6.07, 6.45) is 3.55. The van der Waals surface area contributed by atoms with Gasteiger partial charge < -0.3 is 20.1 Å². The minimum Gasteiger partial charge on any atom is -0.490 e.